The maximum atomic E-state index is 5.53. The number of aromatic nitrogens is 6. The fourth-order valence-electron chi connectivity index (χ4n) is 1.98. The van der Waals surface area contributed by atoms with Gasteiger partial charge in [0.05, 0.1) is 15.8 Å². The number of fused-ring (bicyclic) bond motifs is 3. The Balaban J connectivity index is 2.18. The van der Waals surface area contributed by atoms with Gasteiger partial charge in [0.2, 0.25) is 5.82 Å². The third kappa shape index (κ3) is 1.50. The van der Waals surface area contributed by atoms with Crippen molar-refractivity contribution in [2.75, 3.05) is 0 Å². The van der Waals surface area contributed by atoms with Gasteiger partial charge in [0.15, 0.2) is 4.96 Å². The Morgan fingerprint density at radius 3 is 3.00 bits per heavy atom. The van der Waals surface area contributed by atoms with Crippen molar-refractivity contribution in [3.05, 3.63) is 35.1 Å². The van der Waals surface area contributed by atoms with E-state index in [4.69, 9.17) is 12.2 Å². The third-order valence-electron chi connectivity index (χ3n) is 2.82. The van der Waals surface area contributed by atoms with Gasteiger partial charge in [-0.3, -0.25) is 4.40 Å². The summed E-state index contributed by atoms with van der Waals surface area (Å²) in [5.74, 6) is 0.460. The smallest absolute Gasteiger partial charge is 0.209 e. The Morgan fingerprint density at radius 2 is 2.16 bits per heavy atom. The molecule has 1 N–H and O–H groups in total. The topological polar surface area (TPSA) is 71.8 Å². The van der Waals surface area contributed by atoms with Crippen molar-refractivity contribution < 1.29 is 0 Å². The highest BCUT2D eigenvalue weighted by Gasteiger charge is 2.12. The van der Waals surface area contributed by atoms with E-state index in [0.717, 1.165) is 15.2 Å². The minimum absolute atomic E-state index is 0.460. The fourth-order valence-corrected chi connectivity index (χ4v) is 3.36. The van der Waals surface area contributed by atoms with Gasteiger partial charge < -0.3 is 0 Å². The molecule has 0 radical (unpaired) electrons. The largest absolute Gasteiger partial charge is 0.275 e. The van der Waals surface area contributed by atoms with Crippen LogP contribution in [0.1, 0.15) is 0 Å². The van der Waals surface area contributed by atoms with Crippen molar-refractivity contribution >= 4 is 38.7 Å². The second-order valence-corrected chi connectivity index (χ2v) is 5.30. The van der Waals surface area contributed by atoms with Gasteiger partial charge in [-0.05, 0) is 17.3 Å². The Kier molecular flexibility index (Phi) is 2.20. The molecule has 4 aromatic rings. The minimum Gasteiger partial charge on any atom is -0.275 e. The summed E-state index contributed by atoms with van der Waals surface area (Å²) in [4.78, 5) is 5.29. The Bertz CT molecular complexity index is 937. The highest BCUT2D eigenvalue weighted by molar-refractivity contribution is 7.71. The van der Waals surface area contributed by atoms with Crippen LogP contribution in [0.15, 0.2) is 30.5 Å². The normalized spacial score (nSPS) is 11.4. The summed E-state index contributed by atoms with van der Waals surface area (Å²) >= 11 is 7.13. The Hall–Kier alpha value is -2.19. The number of aromatic amines is 1. The standard InChI is InChI=1S/C11H6N6S2/c18-10-6(9-13-15-16-14-9)5-12-11-17(10)7-3-1-2-4-8(7)19-11/h1-5H,(H,13,14,15,16). The minimum atomic E-state index is 0.460. The molecule has 4 rings (SSSR count). The number of tetrazole rings is 1. The van der Waals surface area contributed by atoms with Crippen LogP contribution >= 0.6 is 23.6 Å². The van der Waals surface area contributed by atoms with Gasteiger partial charge in [0, 0.05) is 6.20 Å². The highest BCUT2D eigenvalue weighted by Crippen LogP contribution is 2.27. The molecule has 92 valence electrons. The lowest BCUT2D eigenvalue weighted by molar-refractivity contribution is 0.881. The van der Waals surface area contributed by atoms with Crippen LogP contribution in [0.3, 0.4) is 0 Å². The van der Waals surface area contributed by atoms with Crippen LogP contribution in [0, 0.1) is 4.64 Å². The molecule has 0 aliphatic heterocycles. The molecule has 0 saturated carbocycles. The van der Waals surface area contributed by atoms with E-state index in [2.05, 4.69) is 31.7 Å². The lowest BCUT2D eigenvalue weighted by Crippen LogP contribution is -1.93. The monoisotopic (exact) mass is 286 g/mol. The summed E-state index contributed by atoms with van der Waals surface area (Å²) in [5.41, 5.74) is 1.75. The van der Waals surface area contributed by atoms with Crippen molar-refractivity contribution in [2.45, 2.75) is 0 Å². The average molecular weight is 286 g/mol. The van der Waals surface area contributed by atoms with E-state index in [1.807, 2.05) is 22.6 Å². The summed E-state index contributed by atoms with van der Waals surface area (Å²) in [6.45, 7) is 0. The number of thiazole rings is 1. The van der Waals surface area contributed by atoms with Crippen LogP contribution in [0.5, 0.6) is 0 Å². The summed E-state index contributed by atoms with van der Waals surface area (Å²) in [5, 5.41) is 13.9. The molecule has 0 saturated heterocycles. The molecule has 0 unspecified atom stereocenters. The van der Waals surface area contributed by atoms with Crippen molar-refractivity contribution in [1.82, 2.24) is 30.0 Å². The van der Waals surface area contributed by atoms with Gasteiger partial charge in [-0.15, -0.1) is 10.2 Å². The zero-order valence-electron chi connectivity index (χ0n) is 9.44. The average Bonchev–Trinajstić information content (AvgIpc) is 3.05. The molecule has 6 nitrogen and oxygen atoms in total. The summed E-state index contributed by atoms with van der Waals surface area (Å²) in [7, 11) is 0. The second-order valence-electron chi connectivity index (χ2n) is 3.90. The molecule has 0 aliphatic rings. The van der Waals surface area contributed by atoms with Gasteiger partial charge in [0.1, 0.15) is 4.64 Å². The van der Waals surface area contributed by atoms with Crippen LogP contribution in [-0.2, 0) is 0 Å². The van der Waals surface area contributed by atoms with Crippen molar-refractivity contribution in [2.24, 2.45) is 0 Å². The summed E-state index contributed by atoms with van der Waals surface area (Å²) in [6.07, 6.45) is 1.69. The molecule has 0 spiro atoms. The van der Waals surface area contributed by atoms with Crippen LogP contribution in [-0.4, -0.2) is 30.0 Å². The Labute approximate surface area is 115 Å². The first-order chi connectivity index (χ1) is 9.34. The summed E-state index contributed by atoms with van der Waals surface area (Å²) in [6, 6.07) is 8.06. The van der Waals surface area contributed by atoms with Crippen molar-refractivity contribution in [3.63, 3.8) is 0 Å². The molecule has 3 aromatic heterocycles. The molecule has 0 aliphatic carbocycles. The van der Waals surface area contributed by atoms with Crippen LogP contribution in [0.25, 0.3) is 26.6 Å². The lowest BCUT2D eigenvalue weighted by Gasteiger charge is -1.99. The van der Waals surface area contributed by atoms with Crippen LogP contribution < -0.4 is 0 Å². The number of benzene rings is 1. The molecule has 19 heavy (non-hydrogen) atoms. The van der Waals surface area contributed by atoms with Gasteiger partial charge in [-0.25, -0.2) is 4.98 Å². The van der Waals surface area contributed by atoms with Gasteiger partial charge in [-0.2, -0.15) is 5.21 Å². The van der Waals surface area contributed by atoms with Crippen molar-refractivity contribution in [3.8, 4) is 11.4 Å². The first-order valence-electron chi connectivity index (χ1n) is 5.48. The SMILES string of the molecule is S=c1c(-c2nn[nH]n2)cnc2sc3ccccc3n12. The second kappa shape index (κ2) is 3.90. The Morgan fingerprint density at radius 1 is 1.26 bits per heavy atom. The molecule has 0 atom stereocenters. The number of hydrogen-bond acceptors (Lipinski definition) is 6. The van der Waals surface area contributed by atoms with Gasteiger partial charge in [0.25, 0.3) is 0 Å². The fraction of sp³-hybridized carbons (Fsp3) is 0. The quantitative estimate of drug-likeness (QED) is 0.544. The molecular weight excluding hydrogens is 280 g/mol. The number of nitrogens with zero attached hydrogens (tertiary/aromatic N) is 5. The first-order valence-corrected chi connectivity index (χ1v) is 6.70. The van der Waals surface area contributed by atoms with E-state index in [0.29, 0.717) is 16.0 Å². The molecule has 3 heterocycles. The van der Waals surface area contributed by atoms with Crippen molar-refractivity contribution in [1.29, 1.82) is 0 Å². The van der Waals surface area contributed by atoms with Gasteiger partial charge >= 0.3 is 0 Å². The third-order valence-corrected chi connectivity index (χ3v) is 4.26. The van der Waals surface area contributed by atoms with Gasteiger partial charge in [-0.1, -0.05) is 35.7 Å². The van der Waals surface area contributed by atoms with E-state index >= 15 is 0 Å². The number of hydrogen-bond donors (Lipinski definition) is 1. The molecule has 0 bridgehead atoms. The maximum Gasteiger partial charge on any atom is 0.209 e. The number of nitrogens with one attached hydrogen (secondary N) is 1. The number of rotatable bonds is 1. The predicted molar refractivity (Wildman–Crippen MR) is 74.6 cm³/mol. The molecule has 0 fully saturated rings. The van der Waals surface area contributed by atoms with E-state index in [1.165, 1.54) is 0 Å². The molecule has 8 heteroatoms. The van der Waals surface area contributed by atoms with E-state index < -0.39 is 0 Å². The predicted octanol–water partition coefficient (Wildman–Crippen LogP) is 2.46. The zero-order chi connectivity index (χ0) is 12.8. The first kappa shape index (κ1) is 10.7. The number of para-hydroxylation sites is 1. The highest BCUT2D eigenvalue weighted by atomic mass is 32.1. The van der Waals surface area contributed by atoms with E-state index in [-0.39, 0.29) is 0 Å². The lowest BCUT2D eigenvalue weighted by atomic mass is 10.3. The van der Waals surface area contributed by atoms with E-state index in [1.54, 1.807) is 17.5 Å². The van der Waals surface area contributed by atoms with Crippen LogP contribution in [0.2, 0.25) is 0 Å². The van der Waals surface area contributed by atoms with E-state index in [9.17, 15) is 0 Å². The zero-order valence-corrected chi connectivity index (χ0v) is 11.1. The summed E-state index contributed by atoms with van der Waals surface area (Å²) < 4.78 is 3.73. The molecular formula is C11H6N6S2. The molecule has 0 amide bonds. The number of H-pyrrole nitrogens is 1. The maximum absolute atomic E-state index is 5.53. The van der Waals surface area contributed by atoms with Crippen LogP contribution in [0.4, 0.5) is 0 Å². The molecule has 1 aromatic carbocycles.